The second-order valence-electron chi connectivity index (χ2n) is 4.33. The number of hydrogen-bond donors (Lipinski definition) is 1. The molecule has 1 saturated heterocycles. The van der Waals surface area contributed by atoms with Crippen molar-refractivity contribution in [3.8, 4) is 0 Å². The van der Waals surface area contributed by atoms with Gasteiger partial charge in [-0.15, -0.1) is 0 Å². The molecule has 1 aromatic carbocycles. The Bertz CT molecular complexity index is 411. The van der Waals surface area contributed by atoms with Crippen LogP contribution >= 0.6 is 0 Å². The van der Waals surface area contributed by atoms with Gasteiger partial charge in [0.15, 0.2) is 0 Å². The molecule has 6 heteroatoms. The molecule has 2 rings (SSSR count). The number of nitrogens with one attached hydrogen (secondary N) is 1. The lowest BCUT2D eigenvalue weighted by Gasteiger charge is -2.28. The van der Waals surface area contributed by atoms with Gasteiger partial charge in [-0.2, -0.15) is 13.2 Å². The van der Waals surface area contributed by atoms with Crippen LogP contribution in [-0.2, 0) is 12.7 Å². The SMILES string of the molecule is Fc1ccc(C(F)(F)F)c(CN2CCNCC2)c1. The van der Waals surface area contributed by atoms with Crippen LogP contribution in [0, 0.1) is 5.82 Å². The van der Waals surface area contributed by atoms with Gasteiger partial charge >= 0.3 is 6.18 Å². The quantitative estimate of drug-likeness (QED) is 0.822. The van der Waals surface area contributed by atoms with Gasteiger partial charge in [0.1, 0.15) is 5.82 Å². The average Bonchev–Trinajstić information content (AvgIpc) is 2.28. The van der Waals surface area contributed by atoms with Crippen molar-refractivity contribution < 1.29 is 17.6 Å². The third kappa shape index (κ3) is 3.20. The number of rotatable bonds is 2. The Morgan fingerprint density at radius 1 is 1.17 bits per heavy atom. The maximum absolute atomic E-state index is 13.1. The van der Waals surface area contributed by atoms with Gasteiger partial charge in [0, 0.05) is 32.7 Å². The third-order valence-corrected chi connectivity index (χ3v) is 2.98. The standard InChI is InChI=1S/C12H14F4N2/c13-10-1-2-11(12(14,15)16)9(7-10)8-18-5-3-17-4-6-18/h1-2,7,17H,3-6,8H2. The highest BCUT2D eigenvalue weighted by atomic mass is 19.4. The van der Waals surface area contributed by atoms with E-state index in [0.29, 0.717) is 13.1 Å². The van der Waals surface area contributed by atoms with E-state index in [1.54, 1.807) is 0 Å². The molecular formula is C12H14F4N2. The van der Waals surface area contributed by atoms with Gasteiger partial charge in [-0.3, -0.25) is 4.90 Å². The Kier molecular flexibility index (Phi) is 3.87. The first-order chi connectivity index (χ1) is 8.47. The molecule has 1 N–H and O–H groups in total. The van der Waals surface area contributed by atoms with Gasteiger partial charge in [-0.05, 0) is 23.8 Å². The summed E-state index contributed by atoms with van der Waals surface area (Å²) in [6.45, 7) is 2.98. The predicted octanol–water partition coefficient (Wildman–Crippen LogP) is 2.25. The molecule has 0 unspecified atom stereocenters. The maximum atomic E-state index is 13.1. The van der Waals surface area contributed by atoms with Gasteiger partial charge in [0.05, 0.1) is 5.56 Å². The molecule has 1 aliphatic heterocycles. The lowest BCUT2D eigenvalue weighted by Crippen LogP contribution is -2.43. The molecule has 0 amide bonds. The van der Waals surface area contributed by atoms with Crippen LogP contribution in [0.25, 0.3) is 0 Å². The second-order valence-corrected chi connectivity index (χ2v) is 4.33. The van der Waals surface area contributed by atoms with Crippen molar-refractivity contribution in [2.45, 2.75) is 12.7 Å². The Morgan fingerprint density at radius 2 is 1.83 bits per heavy atom. The summed E-state index contributed by atoms with van der Waals surface area (Å²) >= 11 is 0. The van der Waals surface area contributed by atoms with Crippen molar-refractivity contribution in [2.75, 3.05) is 26.2 Å². The molecule has 0 spiro atoms. The largest absolute Gasteiger partial charge is 0.416 e. The normalized spacial score (nSPS) is 18.0. The smallest absolute Gasteiger partial charge is 0.314 e. The summed E-state index contributed by atoms with van der Waals surface area (Å²) < 4.78 is 51.4. The van der Waals surface area contributed by atoms with Crippen LogP contribution < -0.4 is 5.32 Å². The molecule has 0 aliphatic carbocycles. The minimum Gasteiger partial charge on any atom is -0.314 e. The van der Waals surface area contributed by atoms with Gasteiger partial charge < -0.3 is 5.32 Å². The van der Waals surface area contributed by atoms with Gasteiger partial charge in [-0.25, -0.2) is 4.39 Å². The average molecular weight is 262 g/mol. The summed E-state index contributed by atoms with van der Waals surface area (Å²) in [5.74, 6) is -0.631. The molecule has 18 heavy (non-hydrogen) atoms. The van der Waals surface area contributed by atoms with Gasteiger partial charge in [0.25, 0.3) is 0 Å². The van der Waals surface area contributed by atoms with Crippen LogP contribution in [0.3, 0.4) is 0 Å². The molecular weight excluding hydrogens is 248 g/mol. The summed E-state index contributed by atoms with van der Waals surface area (Å²) in [6, 6.07) is 2.64. The van der Waals surface area contributed by atoms with Crippen molar-refractivity contribution in [1.29, 1.82) is 0 Å². The number of halogens is 4. The van der Waals surface area contributed by atoms with Crippen LogP contribution in [0.15, 0.2) is 18.2 Å². The molecule has 0 saturated carbocycles. The molecule has 0 bridgehead atoms. The second kappa shape index (κ2) is 5.24. The van der Waals surface area contributed by atoms with Crippen molar-refractivity contribution in [3.63, 3.8) is 0 Å². The fourth-order valence-electron chi connectivity index (χ4n) is 2.08. The Morgan fingerprint density at radius 3 is 2.44 bits per heavy atom. The van der Waals surface area contributed by atoms with Gasteiger partial charge in [-0.1, -0.05) is 0 Å². The fourth-order valence-corrected chi connectivity index (χ4v) is 2.08. The van der Waals surface area contributed by atoms with Crippen molar-refractivity contribution in [1.82, 2.24) is 10.2 Å². The molecule has 2 nitrogen and oxygen atoms in total. The van der Waals surface area contributed by atoms with E-state index in [9.17, 15) is 17.6 Å². The number of alkyl halides is 3. The first-order valence-corrected chi connectivity index (χ1v) is 5.75. The first-order valence-electron chi connectivity index (χ1n) is 5.75. The molecule has 1 heterocycles. The Hall–Kier alpha value is -1.14. The molecule has 0 atom stereocenters. The van der Waals surface area contributed by atoms with E-state index >= 15 is 0 Å². The van der Waals surface area contributed by atoms with E-state index in [0.717, 1.165) is 31.3 Å². The molecule has 1 aromatic rings. The highest BCUT2D eigenvalue weighted by Crippen LogP contribution is 2.32. The monoisotopic (exact) mass is 262 g/mol. The van der Waals surface area contributed by atoms with E-state index in [1.165, 1.54) is 0 Å². The fraction of sp³-hybridized carbons (Fsp3) is 0.500. The molecule has 1 aliphatic rings. The van der Waals surface area contributed by atoms with Crippen LogP contribution in [0.1, 0.15) is 11.1 Å². The van der Waals surface area contributed by atoms with E-state index in [1.807, 2.05) is 4.90 Å². The van der Waals surface area contributed by atoms with Crippen LogP contribution in [0.5, 0.6) is 0 Å². The van der Waals surface area contributed by atoms with Crippen molar-refractivity contribution in [3.05, 3.63) is 35.1 Å². The summed E-state index contributed by atoms with van der Waals surface area (Å²) in [5.41, 5.74) is -0.744. The minimum absolute atomic E-state index is 0.00407. The van der Waals surface area contributed by atoms with E-state index in [4.69, 9.17) is 0 Å². The lowest BCUT2D eigenvalue weighted by atomic mass is 10.1. The summed E-state index contributed by atoms with van der Waals surface area (Å²) in [5, 5.41) is 3.12. The molecule has 100 valence electrons. The minimum atomic E-state index is -4.43. The highest BCUT2D eigenvalue weighted by molar-refractivity contribution is 5.30. The maximum Gasteiger partial charge on any atom is 0.416 e. The Balaban J connectivity index is 2.21. The number of benzene rings is 1. The molecule has 1 fully saturated rings. The lowest BCUT2D eigenvalue weighted by molar-refractivity contribution is -0.138. The topological polar surface area (TPSA) is 15.3 Å². The van der Waals surface area contributed by atoms with E-state index in [2.05, 4.69) is 5.32 Å². The van der Waals surface area contributed by atoms with Crippen LogP contribution in [0.2, 0.25) is 0 Å². The van der Waals surface area contributed by atoms with Crippen molar-refractivity contribution in [2.24, 2.45) is 0 Å². The number of nitrogens with zero attached hydrogens (tertiary/aromatic N) is 1. The molecule has 0 radical (unpaired) electrons. The summed E-state index contributed by atoms with van der Waals surface area (Å²) in [4.78, 5) is 1.89. The zero-order valence-electron chi connectivity index (χ0n) is 9.73. The first kappa shape index (κ1) is 13.3. The van der Waals surface area contributed by atoms with Gasteiger partial charge in [0.2, 0.25) is 0 Å². The number of hydrogen-bond acceptors (Lipinski definition) is 2. The Labute approximate surface area is 103 Å². The van der Waals surface area contributed by atoms with Crippen molar-refractivity contribution >= 4 is 0 Å². The zero-order chi connectivity index (χ0) is 13.2. The van der Waals surface area contributed by atoms with Crippen LogP contribution in [0.4, 0.5) is 17.6 Å². The van der Waals surface area contributed by atoms with E-state index < -0.39 is 17.6 Å². The van der Waals surface area contributed by atoms with Crippen LogP contribution in [-0.4, -0.2) is 31.1 Å². The predicted molar refractivity (Wildman–Crippen MR) is 59.5 cm³/mol. The summed E-state index contributed by atoms with van der Waals surface area (Å²) in [7, 11) is 0. The zero-order valence-corrected chi connectivity index (χ0v) is 9.73. The third-order valence-electron chi connectivity index (χ3n) is 2.98. The summed E-state index contributed by atoms with van der Waals surface area (Å²) in [6.07, 6.45) is -4.43. The highest BCUT2D eigenvalue weighted by Gasteiger charge is 2.33. The number of piperazine rings is 1. The molecule has 0 aromatic heterocycles. The van der Waals surface area contributed by atoms with E-state index in [-0.39, 0.29) is 12.1 Å².